The van der Waals surface area contributed by atoms with Gasteiger partial charge in [-0.05, 0) is 78.9 Å². The number of hydrogen-bond donors (Lipinski definition) is 0. The van der Waals surface area contributed by atoms with Crippen molar-refractivity contribution in [2.24, 2.45) is 17.8 Å². The highest BCUT2D eigenvalue weighted by molar-refractivity contribution is 6.91. The van der Waals surface area contributed by atoms with Crippen molar-refractivity contribution >= 4 is 38.1 Å². The summed E-state index contributed by atoms with van der Waals surface area (Å²) in [5, 5.41) is 3.15. The Morgan fingerprint density at radius 2 is 1.11 bits per heavy atom. The highest BCUT2D eigenvalue weighted by atomic mass is 35.5. The van der Waals surface area contributed by atoms with Crippen molar-refractivity contribution in [3.05, 3.63) is 53.3 Å². The molecule has 0 spiro atoms. The summed E-state index contributed by atoms with van der Waals surface area (Å²) in [7, 11) is -3.03. The van der Waals surface area contributed by atoms with Crippen molar-refractivity contribution in [1.82, 2.24) is 15.0 Å². The van der Waals surface area contributed by atoms with Crippen LogP contribution < -0.4 is 10.4 Å². The average Bonchev–Trinajstić information content (AvgIpc) is 2.81. The van der Waals surface area contributed by atoms with E-state index in [9.17, 15) is 0 Å². The molecule has 6 heteroatoms. The Morgan fingerprint density at radius 1 is 0.649 bits per heavy atom. The number of benzene rings is 2. The van der Waals surface area contributed by atoms with E-state index in [-0.39, 0.29) is 5.28 Å². The first-order valence-corrected chi connectivity index (χ1v) is 21.4. The van der Waals surface area contributed by atoms with Crippen LogP contribution >= 0.6 is 11.6 Å². The number of aromatic nitrogens is 3. The largest absolute Gasteiger partial charge is 0.226 e. The van der Waals surface area contributed by atoms with E-state index < -0.39 is 16.1 Å². The van der Waals surface area contributed by atoms with E-state index in [1.807, 2.05) is 0 Å². The van der Waals surface area contributed by atoms with Gasteiger partial charge in [-0.1, -0.05) is 92.1 Å². The molecular weight excluding hydrogens is 506 g/mol. The first-order valence-electron chi connectivity index (χ1n) is 14.1. The fraction of sp³-hybridized carbons (Fsp3) is 0.516. The minimum absolute atomic E-state index is 0.262. The smallest absolute Gasteiger partial charge is 0.208 e. The van der Waals surface area contributed by atoms with Gasteiger partial charge in [-0.15, -0.1) is 0 Å². The maximum absolute atomic E-state index is 6.51. The van der Waals surface area contributed by atoms with Crippen LogP contribution in [0, 0.1) is 17.8 Å². The van der Waals surface area contributed by atoms with Crippen LogP contribution in [0.3, 0.4) is 0 Å². The van der Waals surface area contributed by atoms with E-state index in [4.69, 9.17) is 16.6 Å². The second kappa shape index (κ2) is 8.85. The van der Waals surface area contributed by atoms with Crippen molar-refractivity contribution in [2.75, 3.05) is 0 Å². The molecule has 4 aliphatic carbocycles. The number of rotatable bonds is 5. The Balaban J connectivity index is 1.36. The Bertz CT molecular complexity index is 1270. The van der Waals surface area contributed by atoms with Gasteiger partial charge in [0.15, 0.2) is 11.6 Å². The molecule has 3 nitrogen and oxygen atoms in total. The van der Waals surface area contributed by atoms with E-state index in [0.717, 1.165) is 28.9 Å². The lowest BCUT2D eigenvalue weighted by Crippen LogP contribution is -2.48. The van der Waals surface area contributed by atoms with Gasteiger partial charge in [-0.3, -0.25) is 0 Å². The lowest BCUT2D eigenvalue weighted by Gasteiger charge is -2.57. The molecule has 2 aromatic carbocycles. The first kappa shape index (κ1) is 25.5. The zero-order valence-corrected chi connectivity index (χ0v) is 26.0. The summed E-state index contributed by atoms with van der Waals surface area (Å²) in [4.78, 5) is 14.1. The Hall–Kier alpha value is -1.83. The van der Waals surface area contributed by atoms with Crippen molar-refractivity contribution in [3.8, 4) is 22.8 Å². The van der Waals surface area contributed by atoms with E-state index in [1.54, 1.807) is 0 Å². The number of nitrogens with zero attached hydrogens (tertiary/aromatic N) is 3. The maximum Gasteiger partial charge on any atom is 0.226 e. The van der Waals surface area contributed by atoms with Crippen molar-refractivity contribution < 1.29 is 0 Å². The fourth-order valence-electron chi connectivity index (χ4n) is 7.67. The van der Waals surface area contributed by atoms with E-state index in [2.05, 4.69) is 91.7 Å². The molecule has 1 aromatic heterocycles. The Kier molecular flexibility index (Phi) is 6.09. The molecule has 4 saturated carbocycles. The lowest BCUT2D eigenvalue weighted by molar-refractivity contribution is -0.00518. The molecule has 7 rings (SSSR count). The first-order chi connectivity index (χ1) is 17.4. The summed E-state index contributed by atoms with van der Waals surface area (Å²) < 4.78 is 0. The van der Waals surface area contributed by atoms with Gasteiger partial charge < -0.3 is 0 Å². The summed E-state index contributed by atoms with van der Waals surface area (Å²) >= 11 is 6.51. The molecule has 1 heterocycles. The molecule has 0 saturated heterocycles. The second-order valence-corrected chi connectivity index (χ2v) is 24.8. The maximum atomic E-state index is 6.51. The topological polar surface area (TPSA) is 38.7 Å². The van der Waals surface area contributed by atoms with Crippen LogP contribution in [0.15, 0.2) is 42.5 Å². The predicted molar refractivity (Wildman–Crippen MR) is 162 cm³/mol. The number of hydrogen-bond acceptors (Lipinski definition) is 3. The minimum atomic E-state index is -1.52. The molecule has 4 bridgehead atoms. The number of halogens is 1. The highest BCUT2D eigenvalue weighted by Gasteiger charge is 2.51. The van der Waals surface area contributed by atoms with Gasteiger partial charge in [0.05, 0.1) is 16.1 Å². The molecule has 0 N–H and O–H groups in total. The van der Waals surface area contributed by atoms with Crippen molar-refractivity contribution in [2.45, 2.75) is 83.2 Å². The Labute approximate surface area is 229 Å². The van der Waals surface area contributed by atoms with E-state index >= 15 is 0 Å². The monoisotopic (exact) mass is 545 g/mol. The van der Waals surface area contributed by atoms with Crippen LogP contribution in [0.25, 0.3) is 22.8 Å². The van der Waals surface area contributed by atoms with Gasteiger partial charge in [0.25, 0.3) is 0 Å². The van der Waals surface area contributed by atoms with E-state index in [1.165, 1.54) is 54.5 Å². The lowest BCUT2D eigenvalue weighted by atomic mass is 9.48. The van der Waals surface area contributed by atoms with Crippen molar-refractivity contribution in [3.63, 3.8) is 0 Å². The average molecular weight is 546 g/mol. The molecule has 3 aromatic rings. The summed E-state index contributed by atoms with van der Waals surface area (Å²) in [6.07, 6.45) is 8.57. The van der Waals surface area contributed by atoms with Crippen molar-refractivity contribution in [1.29, 1.82) is 0 Å². The van der Waals surface area contributed by atoms with Crippen LogP contribution in [0.5, 0.6) is 0 Å². The summed E-state index contributed by atoms with van der Waals surface area (Å²) in [5.41, 5.74) is 4.01. The third kappa shape index (κ3) is 4.88. The molecular formula is C31H40ClN3Si2. The van der Waals surface area contributed by atoms with Crippen LogP contribution in [0.4, 0.5) is 0 Å². The minimum Gasteiger partial charge on any atom is -0.208 e. The summed E-state index contributed by atoms with van der Waals surface area (Å²) in [5.74, 6) is 4.19. The molecule has 0 atom stereocenters. The van der Waals surface area contributed by atoms with Gasteiger partial charge in [0.2, 0.25) is 5.28 Å². The second-order valence-electron chi connectivity index (χ2n) is 14.3. The summed E-state index contributed by atoms with van der Waals surface area (Å²) in [6.45, 7) is 14.4. The van der Waals surface area contributed by atoms with Gasteiger partial charge >= 0.3 is 0 Å². The molecule has 4 aliphatic rings. The standard InChI is InChI=1S/C31H40ClN3Si2/c1-36(2,3)26-14-24(15-27(16-26)37(4,5)6)29-33-28(34-30(32)35-29)23-7-9-25(10-8-23)31-17-20-11-21(18-31)13-22(12-20)19-31/h7-10,14-16,20-22H,11-13,17-19H2,1-6H3. The van der Waals surface area contributed by atoms with Crippen LogP contribution in [-0.4, -0.2) is 31.1 Å². The quantitative estimate of drug-likeness (QED) is 0.313. The molecule has 194 valence electrons. The molecule has 0 amide bonds. The summed E-state index contributed by atoms with van der Waals surface area (Å²) in [6, 6.07) is 16.2. The normalized spacial score (nSPS) is 27.1. The zero-order valence-electron chi connectivity index (χ0n) is 23.2. The van der Waals surface area contributed by atoms with E-state index in [0.29, 0.717) is 17.1 Å². The third-order valence-corrected chi connectivity index (χ3v) is 13.5. The molecule has 0 unspecified atom stereocenters. The molecule has 4 fully saturated rings. The van der Waals surface area contributed by atoms with Gasteiger partial charge in [-0.2, -0.15) is 9.97 Å². The zero-order chi connectivity index (χ0) is 26.2. The molecule has 37 heavy (non-hydrogen) atoms. The fourth-order valence-corrected chi connectivity index (χ4v) is 10.3. The SMILES string of the molecule is C[Si](C)(C)c1cc(-c2nc(Cl)nc(-c3ccc(C45CC6CC(CC(C6)C4)C5)cc3)n2)cc([Si](C)(C)C)c1. The van der Waals surface area contributed by atoms with Gasteiger partial charge in [0, 0.05) is 11.1 Å². The van der Waals surface area contributed by atoms with Crippen LogP contribution in [0.2, 0.25) is 44.6 Å². The molecule has 0 radical (unpaired) electrons. The van der Waals surface area contributed by atoms with Crippen LogP contribution in [0.1, 0.15) is 44.1 Å². The molecule has 0 aliphatic heterocycles. The highest BCUT2D eigenvalue weighted by Crippen LogP contribution is 2.60. The van der Waals surface area contributed by atoms with Crippen LogP contribution in [-0.2, 0) is 5.41 Å². The van der Waals surface area contributed by atoms with Gasteiger partial charge in [-0.25, -0.2) is 4.98 Å². The predicted octanol–water partition coefficient (Wildman–Crippen LogP) is 7.42. The Morgan fingerprint density at radius 3 is 1.57 bits per heavy atom. The van der Waals surface area contributed by atoms with Gasteiger partial charge in [0.1, 0.15) is 0 Å². The third-order valence-electron chi connectivity index (χ3n) is 9.33.